The number of amides is 4. The average molecular weight is 816 g/mol. The van der Waals surface area contributed by atoms with Crippen LogP contribution >= 0.6 is 0 Å². The number of phenolic OH excluding ortho intramolecular Hbond substituents is 1. The summed E-state index contributed by atoms with van der Waals surface area (Å²) >= 11 is 0. The summed E-state index contributed by atoms with van der Waals surface area (Å²) in [5, 5.41) is 25.2. The first-order valence-electron chi connectivity index (χ1n) is 22.5. The van der Waals surface area contributed by atoms with E-state index in [-0.39, 0.29) is 24.5 Å². The minimum absolute atomic E-state index is 0.113. The molecule has 7 aliphatic rings. The van der Waals surface area contributed by atoms with Crippen molar-refractivity contribution in [1.29, 1.82) is 0 Å². The van der Waals surface area contributed by atoms with Crippen LogP contribution in [0.2, 0.25) is 0 Å². The molecule has 1 saturated carbocycles. The highest BCUT2D eigenvalue weighted by atomic mass is 16.3. The van der Waals surface area contributed by atoms with E-state index in [1.807, 2.05) is 30.3 Å². The van der Waals surface area contributed by atoms with Gasteiger partial charge in [-0.1, -0.05) is 18.2 Å². The van der Waals surface area contributed by atoms with Crippen LogP contribution in [-0.2, 0) is 9.59 Å². The summed E-state index contributed by atoms with van der Waals surface area (Å²) in [5.41, 5.74) is 4.53. The van der Waals surface area contributed by atoms with Crippen LogP contribution in [0.25, 0.3) is 11.3 Å². The Morgan fingerprint density at radius 1 is 0.767 bits per heavy atom. The lowest BCUT2D eigenvalue weighted by molar-refractivity contribution is -0.136. The van der Waals surface area contributed by atoms with E-state index in [0.717, 1.165) is 74.2 Å². The van der Waals surface area contributed by atoms with Crippen LogP contribution in [0.15, 0.2) is 48.5 Å². The van der Waals surface area contributed by atoms with Crippen molar-refractivity contribution >= 4 is 40.8 Å². The fourth-order valence-corrected chi connectivity index (χ4v) is 11.6. The van der Waals surface area contributed by atoms with Gasteiger partial charge in [-0.2, -0.15) is 0 Å². The molecule has 316 valence electrons. The van der Waals surface area contributed by atoms with Crippen molar-refractivity contribution in [2.24, 2.45) is 11.3 Å². The molecule has 6 aliphatic heterocycles. The minimum Gasteiger partial charge on any atom is -0.507 e. The Balaban J connectivity index is 0.655. The largest absolute Gasteiger partial charge is 0.507 e. The van der Waals surface area contributed by atoms with Gasteiger partial charge in [0.15, 0.2) is 5.82 Å². The summed E-state index contributed by atoms with van der Waals surface area (Å²) in [5.74, 6) is -0.121. The Labute approximate surface area is 351 Å². The number of hydrogen-bond donors (Lipinski definition) is 3. The number of aromatic nitrogens is 2. The molecular weight excluding hydrogens is 759 g/mol. The molecule has 0 bridgehead atoms. The van der Waals surface area contributed by atoms with Gasteiger partial charge in [0.1, 0.15) is 11.8 Å². The van der Waals surface area contributed by atoms with E-state index in [9.17, 15) is 24.3 Å². The standard InChI is InChI=1S/C46H57N9O5/c56-39-9-2-1-6-33(39)35-27-38-42(50-49-35)47-28-32-29-53(25-26-54(32)38)31-12-16-46(17-13-31)18-23-51(24-19-46)20-4-5-30-14-21-52(22-15-30)36-8-3-7-34-41(36)45(60)55(44(34)59)37-10-11-40(57)48-43(37)58/h1-3,6-9,27,30-32,37,56H,4-5,10-26,28-29H2,(H,47,50)(H,48,57,58)/t32-,37?/m0/s1. The van der Waals surface area contributed by atoms with Gasteiger partial charge in [-0.3, -0.25) is 34.3 Å². The van der Waals surface area contributed by atoms with E-state index in [2.05, 4.69) is 46.5 Å². The maximum absolute atomic E-state index is 13.6. The molecule has 7 heterocycles. The van der Waals surface area contributed by atoms with Crippen molar-refractivity contribution in [2.45, 2.75) is 95.2 Å². The monoisotopic (exact) mass is 815 g/mol. The Bertz CT molecular complexity index is 2150. The van der Waals surface area contributed by atoms with Crippen LogP contribution in [0, 0.1) is 11.3 Å². The van der Waals surface area contributed by atoms with Crippen LogP contribution in [0.4, 0.5) is 17.2 Å². The third kappa shape index (κ3) is 7.29. The molecule has 1 unspecified atom stereocenters. The zero-order chi connectivity index (χ0) is 41.0. The summed E-state index contributed by atoms with van der Waals surface area (Å²) < 4.78 is 0. The van der Waals surface area contributed by atoms with Gasteiger partial charge in [-0.15, -0.1) is 10.2 Å². The summed E-state index contributed by atoms with van der Waals surface area (Å²) in [6.45, 7) is 9.24. The number of hydrogen-bond acceptors (Lipinski definition) is 12. The van der Waals surface area contributed by atoms with Crippen molar-refractivity contribution in [1.82, 2.24) is 30.2 Å². The molecule has 5 fully saturated rings. The Morgan fingerprint density at radius 2 is 1.55 bits per heavy atom. The van der Waals surface area contributed by atoms with Gasteiger partial charge in [-0.05, 0) is 132 Å². The number of anilines is 3. The van der Waals surface area contributed by atoms with E-state index < -0.39 is 23.8 Å². The molecule has 14 heteroatoms. The zero-order valence-corrected chi connectivity index (χ0v) is 34.5. The molecule has 1 aromatic heterocycles. The lowest BCUT2D eigenvalue weighted by atomic mass is 9.66. The molecular formula is C46H57N9O5. The minimum atomic E-state index is -0.952. The highest BCUT2D eigenvalue weighted by molar-refractivity contribution is 6.25. The van der Waals surface area contributed by atoms with E-state index >= 15 is 0 Å². The van der Waals surface area contributed by atoms with Crippen LogP contribution in [0.3, 0.4) is 0 Å². The third-order valence-electron chi connectivity index (χ3n) is 15.2. The van der Waals surface area contributed by atoms with Gasteiger partial charge in [0, 0.05) is 57.3 Å². The van der Waals surface area contributed by atoms with E-state index in [1.54, 1.807) is 12.1 Å². The van der Waals surface area contributed by atoms with Gasteiger partial charge >= 0.3 is 0 Å². The van der Waals surface area contributed by atoms with Crippen molar-refractivity contribution in [2.75, 3.05) is 74.0 Å². The number of rotatable bonds is 8. The summed E-state index contributed by atoms with van der Waals surface area (Å²) in [6.07, 6.45) is 12.7. The predicted molar refractivity (Wildman–Crippen MR) is 228 cm³/mol. The molecule has 60 heavy (non-hydrogen) atoms. The van der Waals surface area contributed by atoms with E-state index in [4.69, 9.17) is 0 Å². The predicted octanol–water partition coefficient (Wildman–Crippen LogP) is 4.89. The zero-order valence-electron chi connectivity index (χ0n) is 34.5. The molecule has 3 aromatic rings. The quantitative estimate of drug-likeness (QED) is 0.266. The normalized spacial score (nSPS) is 25.2. The van der Waals surface area contributed by atoms with Crippen molar-refractivity contribution < 1.29 is 24.3 Å². The first kappa shape index (κ1) is 39.1. The molecule has 2 atom stereocenters. The van der Waals surface area contributed by atoms with Crippen LogP contribution < -0.4 is 20.4 Å². The SMILES string of the molecule is O=C1CCC(N2C(=O)c3cccc(N4CCC(CCCN5CCC6(CCC(N7CCN8c9cc(-c%10ccccc%10O)nnc9NC[C@H]8C7)CC6)CC5)CC4)c3C2=O)C(=O)N1. The third-order valence-corrected chi connectivity index (χ3v) is 15.2. The second-order valence-corrected chi connectivity index (χ2v) is 18.5. The lowest BCUT2D eigenvalue weighted by Crippen LogP contribution is -2.60. The number of carbonyl (C=O) groups is 4. The molecule has 10 rings (SSSR count). The van der Waals surface area contributed by atoms with Crippen molar-refractivity contribution in [3.63, 3.8) is 0 Å². The van der Waals surface area contributed by atoms with E-state index in [1.165, 1.54) is 71.0 Å². The Hall–Kier alpha value is -5.08. The lowest BCUT2D eigenvalue weighted by Gasteiger charge is -2.51. The van der Waals surface area contributed by atoms with Crippen LogP contribution in [-0.4, -0.2) is 131 Å². The molecule has 1 spiro atoms. The fourth-order valence-electron chi connectivity index (χ4n) is 11.6. The number of piperazine rings is 1. The average Bonchev–Trinajstić information content (AvgIpc) is 3.53. The van der Waals surface area contributed by atoms with Crippen LogP contribution in [0.1, 0.15) is 97.8 Å². The van der Waals surface area contributed by atoms with Gasteiger partial charge < -0.3 is 25.1 Å². The first-order chi connectivity index (χ1) is 29.2. The number of carbonyl (C=O) groups excluding carboxylic acids is 4. The number of nitrogens with zero attached hydrogens (tertiary/aromatic N) is 7. The molecule has 2 aromatic carbocycles. The number of aromatic hydroxyl groups is 1. The topological polar surface area (TPSA) is 155 Å². The highest BCUT2D eigenvalue weighted by Crippen LogP contribution is 2.46. The van der Waals surface area contributed by atoms with Gasteiger partial charge in [0.2, 0.25) is 11.8 Å². The maximum atomic E-state index is 13.6. The second kappa shape index (κ2) is 16.1. The highest BCUT2D eigenvalue weighted by Gasteiger charge is 2.47. The summed E-state index contributed by atoms with van der Waals surface area (Å²) in [4.78, 5) is 62.6. The van der Waals surface area contributed by atoms with E-state index in [0.29, 0.717) is 45.8 Å². The summed E-state index contributed by atoms with van der Waals surface area (Å²) in [7, 11) is 0. The Kier molecular flexibility index (Phi) is 10.5. The molecule has 1 aliphatic carbocycles. The smallest absolute Gasteiger partial charge is 0.264 e. The number of benzene rings is 2. The molecule has 0 radical (unpaired) electrons. The fraction of sp³-hybridized carbons (Fsp3) is 0.565. The van der Waals surface area contributed by atoms with Gasteiger partial charge in [0.25, 0.3) is 11.8 Å². The Morgan fingerprint density at radius 3 is 2.33 bits per heavy atom. The number of phenols is 1. The number of para-hydroxylation sites is 1. The van der Waals surface area contributed by atoms with Crippen LogP contribution in [0.5, 0.6) is 5.75 Å². The number of piperidine rings is 3. The maximum Gasteiger partial charge on any atom is 0.264 e. The van der Waals surface area contributed by atoms with Crippen molar-refractivity contribution in [3.05, 3.63) is 59.7 Å². The number of imide groups is 2. The molecule has 4 amide bonds. The van der Waals surface area contributed by atoms with Gasteiger partial charge in [0.05, 0.1) is 34.2 Å². The molecule has 14 nitrogen and oxygen atoms in total. The summed E-state index contributed by atoms with van der Waals surface area (Å²) in [6, 6.07) is 14.9. The molecule has 3 N–H and O–H groups in total. The number of likely N-dealkylation sites (tertiary alicyclic amines) is 1. The second-order valence-electron chi connectivity index (χ2n) is 18.5. The molecule has 4 saturated heterocycles. The van der Waals surface area contributed by atoms with Gasteiger partial charge in [-0.25, -0.2) is 0 Å². The number of fused-ring (bicyclic) bond motifs is 4. The number of nitrogens with one attached hydrogen (secondary N) is 2. The van der Waals surface area contributed by atoms with Crippen molar-refractivity contribution in [3.8, 4) is 17.0 Å². The first-order valence-corrected chi connectivity index (χ1v) is 22.5.